The minimum Gasteiger partial charge on any atom is -0.481 e. The molecule has 1 heterocycles. The Hall–Kier alpha value is -1.30. The summed E-state index contributed by atoms with van der Waals surface area (Å²) < 4.78 is 5.30. The summed E-state index contributed by atoms with van der Waals surface area (Å²) in [6, 6.07) is 1.76. The second-order valence-corrected chi connectivity index (χ2v) is 10.2. The third kappa shape index (κ3) is 9.67. The van der Waals surface area contributed by atoms with E-state index in [1.807, 2.05) is 20.8 Å². The first-order valence-electron chi connectivity index (χ1n) is 12.2. The van der Waals surface area contributed by atoms with Gasteiger partial charge in [0.2, 0.25) is 0 Å². The van der Waals surface area contributed by atoms with Gasteiger partial charge in [-0.15, -0.1) is 0 Å². The Labute approximate surface area is 183 Å². The Morgan fingerprint density at radius 3 is 1.90 bits per heavy atom. The van der Waals surface area contributed by atoms with Crippen molar-refractivity contribution in [2.24, 2.45) is 0 Å². The molecule has 0 aromatic rings. The van der Waals surface area contributed by atoms with Gasteiger partial charge in [-0.25, -0.2) is 4.79 Å². The van der Waals surface area contributed by atoms with Gasteiger partial charge in [0.25, 0.3) is 0 Å². The van der Waals surface area contributed by atoms with Gasteiger partial charge < -0.3 is 20.1 Å². The lowest BCUT2D eigenvalue weighted by molar-refractivity contribution is -0.137. The van der Waals surface area contributed by atoms with E-state index in [2.05, 4.69) is 5.32 Å². The van der Waals surface area contributed by atoms with Gasteiger partial charge in [0, 0.05) is 31.1 Å². The number of nitrogens with one attached hydrogen (secondary N) is 1. The minimum absolute atomic E-state index is 0.0148. The molecular weight excluding hydrogens is 380 g/mol. The molecule has 0 spiro atoms. The fourth-order valence-corrected chi connectivity index (χ4v) is 4.86. The predicted octanol–water partition coefficient (Wildman–Crippen LogP) is 5.49. The quantitative estimate of drug-likeness (QED) is 0.610. The van der Waals surface area contributed by atoms with Crippen LogP contribution in [0.3, 0.4) is 0 Å². The number of aliphatic carboxylic acids is 1. The van der Waals surface area contributed by atoms with Crippen LogP contribution in [0, 0.1) is 0 Å². The predicted molar refractivity (Wildman–Crippen MR) is 120 cm³/mol. The number of hydrogen-bond acceptors (Lipinski definition) is 4. The molecule has 3 aliphatic rings. The Morgan fingerprint density at radius 2 is 1.43 bits per heavy atom. The van der Waals surface area contributed by atoms with E-state index in [0.717, 1.165) is 24.9 Å². The molecule has 0 aromatic heterocycles. The van der Waals surface area contributed by atoms with Crippen molar-refractivity contribution in [1.82, 2.24) is 10.2 Å². The molecule has 1 saturated heterocycles. The summed E-state index contributed by atoms with van der Waals surface area (Å²) in [5, 5.41) is 12.5. The molecule has 2 aliphatic carbocycles. The van der Waals surface area contributed by atoms with Crippen LogP contribution in [0.4, 0.5) is 4.79 Å². The monoisotopic (exact) mass is 424 g/mol. The molecule has 174 valence electrons. The summed E-state index contributed by atoms with van der Waals surface area (Å²) >= 11 is 0. The zero-order chi connectivity index (χ0) is 22.0. The zero-order valence-electron chi connectivity index (χ0n) is 19.5. The number of amides is 1. The highest BCUT2D eigenvalue weighted by Gasteiger charge is 2.32. The molecule has 1 atom stereocenters. The summed E-state index contributed by atoms with van der Waals surface area (Å²) in [5.41, 5.74) is -0.503. The topological polar surface area (TPSA) is 78.9 Å². The van der Waals surface area contributed by atoms with Crippen LogP contribution in [-0.4, -0.2) is 52.3 Å². The molecule has 6 heteroatoms. The van der Waals surface area contributed by atoms with E-state index in [-0.39, 0.29) is 18.6 Å². The van der Waals surface area contributed by atoms with Crippen LogP contribution in [0.1, 0.15) is 111 Å². The zero-order valence-corrected chi connectivity index (χ0v) is 19.5. The second kappa shape index (κ2) is 12.5. The molecule has 6 nitrogen and oxygen atoms in total. The van der Waals surface area contributed by atoms with Crippen LogP contribution in [0.5, 0.6) is 0 Å². The smallest absolute Gasteiger partial charge is 0.410 e. The highest BCUT2D eigenvalue weighted by atomic mass is 16.6. The first kappa shape index (κ1) is 25.0. The molecule has 0 aromatic carbocycles. The molecule has 0 radical (unpaired) electrons. The third-order valence-corrected chi connectivity index (χ3v) is 6.38. The van der Waals surface area contributed by atoms with Gasteiger partial charge in [-0.05, 0) is 65.7 Å². The lowest BCUT2D eigenvalue weighted by atomic mass is 9.91. The number of carbonyl (C=O) groups excluding carboxylic acids is 1. The molecule has 30 heavy (non-hydrogen) atoms. The molecule has 1 amide bonds. The number of carbonyl (C=O) groups is 2. The second-order valence-electron chi connectivity index (χ2n) is 10.2. The van der Waals surface area contributed by atoms with E-state index in [1.54, 1.807) is 4.90 Å². The molecular formula is C24H44N2O4. The molecule has 1 aliphatic heterocycles. The maximum Gasteiger partial charge on any atom is 0.410 e. The lowest BCUT2D eigenvalue weighted by Gasteiger charge is -2.30. The van der Waals surface area contributed by atoms with Crippen molar-refractivity contribution in [3.8, 4) is 0 Å². The first-order chi connectivity index (χ1) is 14.2. The number of carboxylic acid groups (broad SMARTS) is 1. The maximum absolute atomic E-state index is 11.9. The largest absolute Gasteiger partial charge is 0.481 e. The van der Waals surface area contributed by atoms with E-state index >= 15 is 0 Å². The van der Waals surface area contributed by atoms with Crippen LogP contribution < -0.4 is 5.32 Å². The van der Waals surface area contributed by atoms with E-state index in [9.17, 15) is 9.59 Å². The molecule has 3 fully saturated rings. The standard InChI is InChI=1S/C12H21NO4.C12H23N/c1-12(2,3)17-11(16)13-8-4-5-9(13)6-7-10(14)15;1-3-7-11(8-4-1)13-12-9-5-2-6-10-12/h9H,4-8H2,1-3H3,(H,14,15);11-13H,1-10H2/t9-;/m0./s1. The van der Waals surface area contributed by atoms with Gasteiger partial charge in [-0.2, -0.15) is 0 Å². The maximum atomic E-state index is 11.9. The lowest BCUT2D eigenvalue weighted by Crippen LogP contribution is -2.40. The van der Waals surface area contributed by atoms with Crippen molar-refractivity contribution < 1.29 is 19.4 Å². The average Bonchev–Trinajstić information content (AvgIpc) is 3.16. The van der Waals surface area contributed by atoms with Crippen LogP contribution in [0.25, 0.3) is 0 Å². The fraction of sp³-hybridized carbons (Fsp3) is 0.917. The van der Waals surface area contributed by atoms with Crippen molar-refractivity contribution in [3.63, 3.8) is 0 Å². The highest BCUT2D eigenvalue weighted by molar-refractivity contribution is 5.69. The van der Waals surface area contributed by atoms with Gasteiger partial charge >= 0.3 is 12.1 Å². The summed E-state index contributed by atoms with van der Waals surface area (Å²) in [4.78, 5) is 24.1. The Morgan fingerprint density at radius 1 is 0.900 bits per heavy atom. The van der Waals surface area contributed by atoms with E-state index in [0.29, 0.717) is 13.0 Å². The molecule has 0 bridgehead atoms. The Balaban J connectivity index is 0.000000220. The number of rotatable bonds is 5. The van der Waals surface area contributed by atoms with E-state index < -0.39 is 11.6 Å². The highest BCUT2D eigenvalue weighted by Crippen LogP contribution is 2.24. The summed E-state index contributed by atoms with van der Waals surface area (Å²) in [6.07, 6.45) is 16.6. The number of carboxylic acids is 1. The molecule has 3 rings (SSSR count). The van der Waals surface area contributed by atoms with Gasteiger partial charge in [0.05, 0.1) is 0 Å². The average molecular weight is 425 g/mol. The SMILES string of the molecule is C1CCC(NC2CCCCC2)CC1.CC(C)(C)OC(=O)N1CCC[C@H]1CCC(=O)O. The molecule has 0 unspecified atom stereocenters. The van der Waals surface area contributed by atoms with Gasteiger partial charge in [-0.3, -0.25) is 4.79 Å². The number of nitrogens with zero attached hydrogens (tertiary/aromatic N) is 1. The van der Waals surface area contributed by atoms with Crippen molar-refractivity contribution in [2.45, 2.75) is 134 Å². The van der Waals surface area contributed by atoms with E-state index in [1.165, 1.54) is 64.2 Å². The van der Waals surface area contributed by atoms with Crippen LogP contribution in [0.2, 0.25) is 0 Å². The summed E-state index contributed by atoms with van der Waals surface area (Å²) in [6.45, 7) is 6.15. The van der Waals surface area contributed by atoms with Crippen LogP contribution in [-0.2, 0) is 9.53 Å². The van der Waals surface area contributed by atoms with E-state index in [4.69, 9.17) is 9.84 Å². The number of hydrogen-bond donors (Lipinski definition) is 2. The van der Waals surface area contributed by atoms with Gasteiger partial charge in [0.1, 0.15) is 5.60 Å². The summed E-state index contributed by atoms with van der Waals surface area (Å²) in [7, 11) is 0. The summed E-state index contributed by atoms with van der Waals surface area (Å²) in [5.74, 6) is -0.818. The van der Waals surface area contributed by atoms with Crippen LogP contribution >= 0.6 is 0 Å². The molecule has 2 saturated carbocycles. The van der Waals surface area contributed by atoms with Gasteiger partial charge in [-0.1, -0.05) is 38.5 Å². The Kier molecular flexibility index (Phi) is 10.4. The third-order valence-electron chi connectivity index (χ3n) is 6.38. The van der Waals surface area contributed by atoms with Crippen molar-refractivity contribution >= 4 is 12.1 Å². The van der Waals surface area contributed by atoms with Crippen molar-refractivity contribution in [2.75, 3.05) is 6.54 Å². The molecule has 2 N–H and O–H groups in total. The minimum atomic E-state index is -0.818. The van der Waals surface area contributed by atoms with Crippen molar-refractivity contribution in [3.05, 3.63) is 0 Å². The number of likely N-dealkylation sites (tertiary alicyclic amines) is 1. The number of ether oxygens (including phenoxy) is 1. The fourth-order valence-electron chi connectivity index (χ4n) is 4.86. The first-order valence-corrected chi connectivity index (χ1v) is 12.2. The van der Waals surface area contributed by atoms with Crippen molar-refractivity contribution in [1.29, 1.82) is 0 Å². The van der Waals surface area contributed by atoms with Gasteiger partial charge in [0.15, 0.2) is 0 Å². The normalized spacial score (nSPS) is 23.6. The Bertz CT molecular complexity index is 504. The van der Waals surface area contributed by atoms with Crippen LogP contribution in [0.15, 0.2) is 0 Å².